The lowest BCUT2D eigenvalue weighted by molar-refractivity contribution is 0.653. The van der Waals surface area contributed by atoms with E-state index in [2.05, 4.69) is 142 Å². The molecule has 0 saturated heterocycles. The quantitative estimate of drug-likeness (QED) is 0.141. The second-order valence-electron chi connectivity index (χ2n) is 12.7. The summed E-state index contributed by atoms with van der Waals surface area (Å²) < 4.78 is 0. The molecule has 0 aromatic heterocycles. The first-order chi connectivity index (χ1) is 23.8. The minimum absolute atomic E-state index is 0.174. The molecule has 1 aliphatic rings. The standard InChI is InChI=1S/C39H33N.C6H7N.CH3N/c1-5-36-38(26(2)25-40)35-22-19-30(24-37(35)39(36,3)4)28-15-17-29(18-16-28)33-21-20-31(23-27-11-7-6-8-12-27)32-13-9-10-14-34(32)33;7-6-4-2-1-3-5-6;1-2/h5-22,24,26H,1,23H2,2-4H3;1-5H,7H2;2H,1H2. The van der Waals surface area contributed by atoms with E-state index in [-0.39, 0.29) is 11.3 Å². The van der Waals surface area contributed by atoms with Crippen molar-refractivity contribution < 1.29 is 0 Å². The zero-order chi connectivity index (χ0) is 35.0. The van der Waals surface area contributed by atoms with Crippen molar-refractivity contribution in [2.45, 2.75) is 32.6 Å². The second-order valence-corrected chi connectivity index (χ2v) is 12.7. The monoisotopic (exact) mass is 637 g/mol. The van der Waals surface area contributed by atoms with E-state index in [1.807, 2.05) is 43.3 Å². The summed E-state index contributed by atoms with van der Waals surface area (Å²) in [6.07, 6.45) is 2.86. The van der Waals surface area contributed by atoms with Crippen LogP contribution in [0.5, 0.6) is 0 Å². The van der Waals surface area contributed by atoms with Crippen molar-refractivity contribution in [3.05, 3.63) is 180 Å². The maximum absolute atomic E-state index is 9.69. The van der Waals surface area contributed by atoms with Crippen molar-refractivity contribution in [2.24, 2.45) is 5.92 Å². The van der Waals surface area contributed by atoms with E-state index in [9.17, 15) is 5.26 Å². The van der Waals surface area contributed by atoms with Crippen LogP contribution in [0.1, 0.15) is 43.0 Å². The molecule has 0 amide bonds. The normalized spacial score (nSPS) is 13.2. The highest BCUT2D eigenvalue weighted by atomic mass is 14.5. The number of para-hydroxylation sites is 1. The zero-order valence-electron chi connectivity index (χ0n) is 28.6. The Morgan fingerprint density at radius 1 is 0.714 bits per heavy atom. The largest absolute Gasteiger partial charge is 0.399 e. The third-order valence-electron chi connectivity index (χ3n) is 9.36. The van der Waals surface area contributed by atoms with Gasteiger partial charge in [0, 0.05) is 11.1 Å². The van der Waals surface area contributed by atoms with Gasteiger partial charge in [-0.2, -0.15) is 5.26 Å². The van der Waals surface area contributed by atoms with E-state index in [1.54, 1.807) is 0 Å². The highest BCUT2D eigenvalue weighted by molar-refractivity contribution is 5.99. The summed E-state index contributed by atoms with van der Waals surface area (Å²) in [7, 11) is 0. The van der Waals surface area contributed by atoms with Gasteiger partial charge in [0.2, 0.25) is 0 Å². The summed E-state index contributed by atoms with van der Waals surface area (Å²) in [6, 6.07) is 51.5. The fourth-order valence-corrected chi connectivity index (χ4v) is 6.88. The van der Waals surface area contributed by atoms with Crippen LogP contribution in [0.15, 0.2) is 158 Å². The molecule has 0 fully saturated rings. The Morgan fingerprint density at radius 2 is 1.27 bits per heavy atom. The molecule has 0 saturated carbocycles. The second kappa shape index (κ2) is 15.3. The maximum atomic E-state index is 9.69. The van der Waals surface area contributed by atoms with Gasteiger partial charge in [-0.25, -0.2) is 0 Å². The third-order valence-corrected chi connectivity index (χ3v) is 9.36. The van der Waals surface area contributed by atoms with Crippen LogP contribution in [-0.4, -0.2) is 6.72 Å². The number of nitriles is 1. The first kappa shape index (κ1) is 34.4. The number of allylic oxidation sites excluding steroid dienone is 3. The summed E-state index contributed by atoms with van der Waals surface area (Å²) >= 11 is 0. The predicted octanol–water partition coefficient (Wildman–Crippen LogP) is 11.7. The molecule has 242 valence electrons. The van der Waals surface area contributed by atoms with Crippen LogP contribution in [0, 0.1) is 22.7 Å². The van der Waals surface area contributed by atoms with E-state index in [0.717, 1.165) is 23.3 Å². The van der Waals surface area contributed by atoms with Gasteiger partial charge in [0.25, 0.3) is 0 Å². The third kappa shape index (κ3) is 7.15. The highest BCUT2D eigenvalue weighted by Gasteiger charge is 2.38. The van der Waals surface area contributed by atoms with Crippen LogP contribution in [0.25, 0.3) is 38.6 Å². The number of benzene rings is 6. The van der Waals surface area contributed by atoms with Crippen molar-refractivity contribution in [3.63, 3.8) is 0 Å². The summed E-state index contributed by atoms with van der Waals surface area (Å²) in [5.74, 6) is -0.174. The molecule has 0 radical (unpaired) electrons. The molecule has 0 spiro atoms. The van der Waals surface area contributed by atoms with Gasteiger partial charge in [0.05, 0.1) is 12.0 Å². The van der Waals surface area contributed by atoms with Gasteiger partial charge in [-0.05, 0) is 105 Å². The number of nitrogens with one attached hydrogen (secondary N) is 1. The Labute approximate surface area is 291 Å². The van der Waals surface area contributed by atoms with E-state index in [1.165, 1.54) is 55.3 Å². The molecule has 6 aromatic carbocycles. The molecule has 3 nitrogen and oxygen atoms in total. The molecule has 1 aliphatic carbocycles. The van der Waals surface area contributed by atoms with Crippen molar-refractivity contribution in [2.75, 3.05) is 5.73 Å². The van der Waals surface area contributed by atoms with E-state index < -0.39 is 0 Å². The van der Waals surface area contributed by atoms with Gasteiger partial charge in [-0.1, -0.05) is 148 Å². The number of nitrogens with zero attached hydrogens (tertiary/aromatic N) is 1. The number of hydrogen-bond donors (Lipinski definition) is 2. The van der Waals surface area contributed by atoms with Crippen LogP contribution < -0.4 is 5.73 Å². The molecule has 0 aliphatic heterocycles. The van der Waals surface area contributed by atoms with E-state index in [0.29, 0.717) is 0 Å². The van der Waals surface area contributed by atoms with Crippen LogP contribution in [-0.2, 0) is 11.8 Å². The summed E-state index contributed by atoms with van der Waals surface area (Å²) in [4.78, 5) is 0. The minimum atomic E-state index is -0.187. The number of nitrogens with two attached hydrogens (primary N) is 1. The molecule has 0 bridgehead atoms. The summed E-state index contributed by atoms with van der Waals surface area (Å²) in [5.41, 5.74) is 18.2. The Hall–Kier alpha value is -5.98. The molecule has 0 heterocycles. The average molecular weight is 638 g/mol. The molecular formula is C46H43N3. The number of anilines is 1. The van der Waals surface area contributed by atoms with Crippen molar-refractivity contribution in [1.29, 1.82) is 10.7 Å². The fourth-order valence-electron chi connectivity index (χ4n) is 6.88. The van der Waals surface area contributed by atoms with Gasteiger partial charge >= 0.3 is 0 Å². The Bertz CT molecular complexity index is 2130. The zero-order valence-corrected chi connectivity index (χ0v) is 28.6. The predicted molar refractivity (Wildman–Crippen MR) is 210 cm³/mol. The van der Waals surface area contributed by atoms with Gasteiger partial charge in [0.1, 0.15) is 0 Å². The highest BCUT2D eigenvalue weighted by Crippen LogP contribution is 2.50. The lowest BCUT2D eigenvalue weighted by Gasteiger charge is -2.23. The van der Waals surface area contributed by atoms with Crippen LogP contribution in [0.4, 0.5) is 5.69 Å². The van der Waals surface area contributed by atoms with Crippen LogP contribution in [0.2, 0.25) is 0 Å². The lowest BCUT2D eigenvalue weighted by Crippen LogP contribution is -2.16. The molecule has 49 heavy (non-hydrogen) atoms. The summed E-state index contributed by atoms with van der Waals surface area (Å²) in [5, 5.41) is 17.8. The van der Waals surface area contributed by atoms with Crippen LogP contribution in [0.3, 0.4) is 0 Å². The minimum Gasteiger partial charge on any atom is -0.399 e. The number of nitrogen functional groups attached to an aromatic ring is 1. The fraction of sp³-hybridized carbons (Fsp3) is 0.130. The topological polar surface area (TPSA) is 73.7 Å². The first-order valence-corrected chi connectivity index (χ1v) is 16.5. The van der Waals surface area contributed by atoms with Gasteiger partial charge in [-0.3, -0.25) is 0 Å². The van der Waals surface area contributed by atoms with E-state index in [4.69, 9.17) is 11.1 Å². The Morgan fingerprint density at radius 3 is 1.86 bits per heavy atom. The van der Waals surface area contributed by atoms with Gasteiger partial charge < -0.3 is 11.1 Å². The maximum Gasteiger partial charge on any atom is 0.0701 e. The first-order valence-electron chi connectivity index (χ1n) is 16.5. The van der Waals surface area contributed by atoms with E-state index >= 15 is 0 Å². The van der Waals surface area contributed by atoms with Gasteiger partial charge in [-0.15, -0.1) is 0 Å². The Kier molecular flexibility index (Phi) is 10.7. The molecule has 6 aromatic rings. The average Bonchev–Trinajstić information content (AvgIpc) is 3.38. The SMILES string of the molecule is C=CC1=C(C(C)C#N)c2ccc(-c3ccc(-c4ccc(Cc5ccccc5)c5ccccc45)cc3)cc2C1(C)C.C=N.Nc1ccccc1. The molecule has 1 atom stereocenters. The smallest absolute Gasteiger partial charge is 0.0701 e. The molecule has 3 heteroatoms. The number of fused-ring (bicyclic) bond motifs is 2. The van der Waals surface area contributed by atoms with Crippen molar-refractivity contribution in [3.8, 4) is 28.3 Å². The molecular weight excluding hydrogens is 595 g/mol. The molecule has 7 rings (SSSR count). The number of hydrogen-bond acceptors (Lipinski definition) is 3. The van der Waals surface area contributed by atoms with Crippen LogP contribution >= 0.6 is 0 Å². The van der Waals surface area contributed by atoms with Gasteiger partial charge in [0.15, 0.2) is 0 Å². The van der Waals surface area contributed by atoms with Crippen molar-refractivity contribution >= 4 is 28.8 Å². The van der Waals surface area contributed by atoms with Crippen molar-refractivity contribution in [1.82, 2.24) is 0 Å². The molecule has 1 unspecified atom stereocenters. The lowest BCUT2D eigenvalue weighted by atomic mass is 9.80. The summed E-state index contributed by atoms with van der Waals surface area (Å²) in [6.45, 7) is 13.0. The number of rotatable bonds is 6. The molecule has 3 N–H and O–H groups in total. The Balaban J connectivity index is 0.000000458.